The van der Waals surface area contributed by atoms with Gasteiger partial charge in [0.25, 0.3) is 0 Å². The molecule has 0 amide bonds. The van der Waals surface area contributed by atoms with Crippen LogP contribution in [0.4, 0.5) is 11.5 Å². The maximum Gasteiger partial charge on any atom is 0.385 e. The van der Waals surface area contributed by atoms with E-state index in [4.69, 9.17) is 0 Å². The van der Waals surface area contributed by atoms with Gasteiger partial charge in [-0.25, -0.2) is 13.4 Å². The number of nitrogens with one attached hydrogen (secondary N) is 1. The highest BCUT2D eigenvalue weighted by molar-refractivity contribution is 7.92. The Labute approximate surface area is 232 Å². The summed E-state index contributed by atoms with van der Waals surface area (Å²) < 4.78 is 29.8. The number of hydrogen-bond acceptors (Lipinski definition) is 7. The zero-order chi connectivity index (χ0) is 28.6. The molecule has 206 valence electrons. The molecule has 0 aliphatic heterocycles. The van der Waals surface area contributed by atoms with E-state index in [9.17, 15) is 23.8 Å². The summed E-state index contributed by atoms with van der Waals surface area (Å²) in [5, 5.41) is 22.6. The molecule has 4 aromatic rings. The molecule has 0 radical (unpaired) electrons. The quantitative estimate of drug-likeness (QED) is 0.197. The highest BCUT2D eigenvalue weighted by Crippen LogP contribution is 2.44. The Morgan fingerprint density at radius 1 is 1.15 bits per heavy atom. The standard InChI is InChI=1S/C29H30N6O4S/c1-4-12-40(38,39)33-25-14-18(2)23(13-19(25)3)28-24(17-30)22-9-8-20(16-27(22)34(28)21-6-5-7-21)15-26-29(35(36)37)32-11-10-31-26/h8-11,13-14,16,21,33H,4-7,12,15H2,1-3H3. The van der Waals surface area contributed by atoms with Crippen LogP contribution in [-0.2, 0) is 16.4 Å². The van der Waals surface area contributed by atoms with E-state index in [-0.39, 0.29) is 29.7 Å². The molecule has 11 heteroatoms. The third-order valence-corrected chi connectivity index (χ3v) is 8.96. The number of benzene rings is 2. The number of anilines is 1. The first-order valence-electron chi connectivity index (χ1n) is 13.3. The second-order valence-electron chi connectivity index (χ2n) is 10.3. The van der Waals surface area contributed by atoms with Crippen LogP contribution >= 0.6 is 0 Å². The van der Waals surface area contributed by atoms with Crippen LogP contribution in [0.15, 0.2) is 42.7 Å². The normalized spacial score (nSPS) is 13.7. The molecule has 1 aliphatic carbocycles. The lowest BCUT2D eigenvalue weighted by Gasteiger charge is -2.30. The van der Waals surface area contributed by atoms with Gasteiger partial charge in [0.1, 0.15) is 11.8 Å². The molecule has 2 aromatic carbocycles. The van der Waals surface area contributed by atoms with Crippen molar-refractivity contribution in [1.82, 2.24) is 14.5 Å². The van der Waals surface area contributed by atoms with Crippen LogP contribution in [0.25, 0.3) is 22.2 Å². The van der Waals surface area contributed by atoms with Gasteiger partial charge in [-0.05, 0) is 84.3 Å². The van der Waals surface area contributed by atoms with Gasteiger partial charge < -0.3 is 14.7 Å². The molecule has 40 heavy (non-hydrogen) atoms. The van der Waals surface area contributed by atoms with Gasteiger partial charge in [-0.2, -0.15) is 5.26 Å². The van der Waals surface area contributed by atoms with Gasteiger partial charge in [0, 0.05) is 23.4 Å². The Morgan fingerprint density at radius 3 is 2.55 bits per heavy atom. The average Bonchev–Trinajstić information content (AvgIpc) is 3.18. The summed E-state index contributed by atoms with van der Waals surface area (Å²) in [7, 11) is -3.45. The van der Waals surface area contributed by atoms with E-state index in [1.807, 2.05) is 51.1 Å². The molecule has 2 aromatic heterocycles. The van der Waals surface area contributed by atoms with Crippen LogP contribution in [-0.4, -0.2) is 33.6 Å². The summed E-state index contributed by atoms with van der Waals surface area (Å²) in [5.41, 5.74) is 6.41. The molecule has 0 saturated heterocycles. The van der Waals surface area contributed by atoms with Crippen LogP contribution in [0.2, 0.25) is 0 Å². The van der Waals surface area contributed by atoms with E-state index in [0.717, 1.165) is 58.1 Å². The molecule has 0 bridgehead atoms. The van der Waals surface area contributed by atoms with Crippen molar-refractivity contribution in [2.75, 3.05) is 10.5 Å². The lowest BCUT2D eigenvalue weighted by molar-refractivity contribution is -0.390. The van der Waals surface area contributed by atoms with Crippen molar-refractivity contribution in [2.45, 2.75) is 58.9 Å². The molecule has 2 heterocycles. The van der Waals surface area contributed by atoms with Gasteiger partial charge in [0.15, 0.2) is 6.20 Å². The Kier molecular flexibility index (Phi) is 7.29. The minimum atomic E-state index is -3.45. The van der Waals surface area contributed by atoms with E-state index in [1.54, 1.807) is 0 Å². The summed E-state index contributed by atoms with van der Waals surface area (Å²) in [5.74, 6) is -0.224. The number of aromatic nitrogens is 3. The van der Waals surface area contributed by atoms with Crippen LogP contribution in [0, 0.1) is 35.3 Å². The first kappa shape index (κ1) is 27.3. The zero-order valence-corrected chi connectivity index (χ0v) is 23.5. The minimum absolute atomic E-state index is 0.0434. The number of nitrogens with zero attached hydrogens (tertiary/aromatic N) is 5. The van der Waals surface area contributed by atoms with Crippen molar-refractivity contribution < 1.29 is 13.3 Å². The van der Waals surface area contributed by atoms with Gasteiger partial charge in [0.05, 0.1) is 34.4 Å². The predicted molar refractivity (Wildman–Crippen MR) is 154 cm³/mol. The van der Waals surface area contributed by atoms with Crippen LogP contribution in [0.3, 0.4) is 0 Å². The summed E-state index contributed by atoms with van der Waals surface area (Å²) >= 11 is 0. The number of aryl methyl sites for hydroxylation is 2. The van der Waals surface area contributed by atoms with E-state index < -0.39 is 14.9 Å². The Bertz CT molecular complexity index is 1780. The molecular weight excluding hydrogens is 528 g/mol. The van der Waals surface area contributed by atoms with Gasteiger partial charge in [0.2, 0.25) is 10.0 Å². The molecular formula is C29H30N6O4S. The smallest absolute Gasteiger partial charge is 0.358 e. The van der Waals surface area contributed by atoms with Crippen molar-refractivity contribution in [2.24, 2.45) is 0 Å². The number of nitro groups is 1. The number of fused-ring (bicyclic) bond motifs is 1. The molecule has 0 spiro atoms. The van der Waals surface area contributed by atoms with Crippen LogP contribution in [0.1, 0.15) is 66.6 Å². The summed E-state index contributed by atoms with van der Waals surface area (Å²) in [6, 6.07) is 12.2. The SMILES string of the molecule is CCCS(=O)(=O)Nc1cc(C)c(-c2c(C#N)c3ccc(Cc4nccnc4[N+](=O)[O-])cc3n2C2CCC2)cc1C. The third kappa shape index (κ3) is 5.02. The van der Waals surface area contributed by atoms with Crippen LogP contribution in [0.5, 0.6) is 0 Å². The van der Waals surface area contributed by atoms with E-state index >= 15 is 0 Å². The molecule has 1 saturated carbocycles. The highest BCUT2D eigenvalue weighted by Gasteiger charge is 2.29. The average molecular weight is 559 g/mol. The first-order valence-corrected chi connectivity index (χ1v) is 14.9. The molecule has 10 nitrogen and oxygen atoms in total. The van der Waals surface area contributed by atoms with Crippen LogP contribution < -0.4 is 4.72 Å². The van der Waals surface area contributed by atoms with E-state index in [2.05, 4.69) is 25.3 Å². The summed E-state index contributed by atoms with van der Waals surface area (Å²) in [4.78, 5) is 19.0. The molecule has 0 atom stereocenters. The lowest BCUT2D eigenvalue weighted by atomic mass is 9.91. The Balaban J connectivity index is 1.66. The molecule has 0 unspecified atom stereocenters. The number of nitriles is 1. The fourth-order valence-electron chi connectivity index (χ4n) is 5.37. The van der Waals surface area contributed by atoms with Gasteiger partial charge >= 0.3 is 5.82 Å². The fourth-order valence-corrected chi connectivity index (χ4v) is 6.56. The summed E-state index contributed by atoms with van der Waals surface area (Å²) in [6.07, 6.45) is 6.56. The largest absolute Gasteiger partial charge is 0.385 e. The van der Waals surface area contributed by atoms with Crippen molar-refractivity contribution >= 4 is 32.4 Å². The zero-order valence-electron chi connectivity index (χ0n) is 22.6. The summed E-state index contributed by atoms with van der Waals surface area (Å²) in [6.45, 7) is 5.61. The predicted octanol–water partition coefficient (Wildman–Crippen LogP) is 5.96. The maximum atomic E-state index is 12.4. The number of rotatable bonds is 9. The third-order valence-electron chi connectivity index (χ3n) is 7.48. The first-order chi connectivity index (χ1) is 19.1. The van der Waals surface area contributed by atoms with Crippen molar-refractivity contribution in [1.29, 1.82) is 5.26 Å². The van der Waals surface area contributed by atoms with Crippen molar-refractivity contribution in [3.05, 3.63) is 80.8 Å². The minimum Gasteiger partial charge on any atom is -0.358 e. The molecule has 1 N–H and O–H groups in total. The second-order valence-corrected chi connectivity index (χ2v) is 12.1. The topological polar surface area (TPSA) is 144 Å². The van der Waals surface area contributed by atoms with Gasteiger partial charge in [-0.1, -0.05) is 19.1 Å². The number of sulfonamides is 1. The monoisotopic (exact) mass is 558 g/mol. The van der Waals surface area contributed by atoms with Gasteiger partial charge in [-0.15, -0.1) is 0 Å². The number of hydrogen-bond donors (Lipinski definition) is 1. The highest BCUT2D eigenvalue weighted by atomic mass is 32.2. The van der Waals surface area contributed by atoms with Gasteiger partial charge in [-0.3, -0.25) is 4.72 Å². The Hall–Kier alpha value is -4.30. The van der Waals surface area contributed by atoms with E-state index in [1.165, 1.54) is 12.4 Å². The molecule has 5 rings (SSSR count). The van der Waals surface area contributed by atoms with Crippen molar-refractivity contribution in [3.63, 3.8) is 0 Å². The molecule has 1 fully saturated rings. The lowest BCUT2D eigenvalue weighted by Crippen LogP contribution is -2.18. The Morgan fingerprint density at radius 2 is 1.90 bits per heavy atom. The maximum absolute atomic E-state index is 12.4. The van der Waals surface area contributed by atoms with E-state index in [0.29, 0.717) is 17.7 Å². The fraction of sp³-hybridized carbons (Fsp3) is 0.345. The second kappa shape index (κ2) is 10.7. The molecule has 1 aliphatic rings. The van der Waals surface area contributed by atoms with Crippen molar-refractivity contribution in [3.8, 4) is 17.3 Å².